The summed E-state index contributed by atoms with van der Waals surface area (Å²) in [5.74, 6) is -0.814. The van der Waals surface area contributed by atoms with E-state index in [1.54, 1.807) is 42.5 Å². The normalized spacial score (nSPS) is 14.8. The third-order valence-corrected chi connectivity index (χ3v) is 7.25. The number of halogens is 2. The Morgan fingerprint density at radius 2 is 1.68 bits per heavy atom. The number of hydrogen-bond donors (Lipinski definition) is 1. The van der Waals surface area contributed by atoms with Crippen molar-refractivity contribution < 1.29 is 19.1 Å². The van der Waals surface area contributed by atoms with Gasteiger partial charge in [0.2, 0.25) is 0 Å². The molecule has 4 aromatic carbocycles. The van der Waals surface area contributed by atoms with Crippen LogP contribution in [0.1, 0.15) is 16.7 Å². The van der Waals surface area contributed by atoms with Gasteiger partial charge in [-0.05, 0) is 87.2 Å². The maximum atomic E-state index is 13.1. The Bertz CT molecular complexity index is 1600. The maximum Gasteiger partial charge on any atom is 0.335 e. The molecule has 5 rings (SSSR count). The minimum atomic E-state index is -0.789. The molecule has 6 nitrogen and oxygen atoms in total. The van der Waals surface area contributed by atoms with E-state index in [4.69, 9.17) is 4.74 Å². The zero-order chi connectivity index (χ0) is 26.1. The summed E-state index contributed by atoms with van der Waals surface area (Å²) >= 11 is 6.87. The monoisotopic (exact) mass is 618 g/mol. The number of ether oxygens (including phenoxy) is 1. The standard InChI is InChI=1S/C29H20Br2N2O4/c1-17-6-8-19-4-2-3-5-22(19)24(17)16-37-26-13-7-18(15-25(26)31)14-23-27(34)32-29(36)33(28(23)35)21-11-9-20(30)10-12-21/h2-15H,16H2,1H3,(H,32,34,36)/b23-14+. The van der Waals surface area contributed by atoms with E-state index >= 15 is 0 Å². The van der Waals surface area contributed by atoms with Gasteiger partial charge in [0.15, 0.2) is 0 Å². The molecule has 4 amide bonds. The van der Waals surface area contributed by atoms with Crippen LogP contribution in [-0.2, 0) is 16.2 Å². The van der Waals surface area contributed by atoms with Crippen molar-refractivity contribution in [3.63, 3.8) is 0 Å². The fourth-order valence-electron chi connectivity index (χ4n) is 4.16. The number of nitrogens with one attached hydrogen (secondary N) is 1. The number of fused-ring (bicyclic) bond motifs is 1. The second kappa shape index (κ2) is 10.3. The summed E-state index contributed by atoms with van der Waals surface area (Å²) in [5, 5.41) is 4.54. The summed E-state index contributed by atoms with van der Waals surface area (Å²) in [6, 6.07) is 23.5. The number of rotatable bonds is 5. The lowest BCUT2D eigenvalue weighted by Gasteiger charge is -2.26. The van der Waals surface area contributed by atoms with E-state index in [9.17, 15) is 14.4 Å². The average Bonchev–Trinajstić information content (AvgIpc) is 2.88. The van der Waals surface area contributed by atoms with Crippen molar-refractivity contribution in [2.75, 3.05) is 4.90 Å². The first-order chi connectivity index (χ1) is 17.8. The molecule has 1 fully saturated rings. The van der Waals surface area contributed by atoms with Crippen molar-refractivity contribution in [2.45, 2.75) is 13.5 Å². The van der Waals surface area contributed by atoms with E-state index in [0.29, 0.717) is 28.1 Å². The molecule has 1 saturated heterocycles. The number of barbiturate groups is 1. The van der Waals surface area contributed by atoms with E-state index in [1.165, 1.54) is 6.08 Å². The Balaban J connectivity index is 1.39. The molecule has 4 aromatic rings. The van der Waals surface area contributed by atoms with Gasteiger partial charge in [-0.3, -0.25) is 14.9 Å². The topological polar surface area (TPSA) is 75.7 Å². The van der Waals surface area contributed by atoms with E-state index in [2.05, 4.69) is 68.4 Å². The van der Waals surface area contributed by atoms with Crippen LogP contribution < -0.4 is 15.0 Å². The minimum Gasteiger partial charge on any atom is -0.488 e. The van der Waals surface area contributed by atoms with Crippen LogP contribution in [0.2, 0.25) is 0 Å². The summed E-state index contributed by atoms with van der Waals surface area (Å²) < 4.78 is 7.60. The number of benzene rings is 4. The predicted molar refractivity (Wildman–Crippen MR) is 150 cm³/mol. The summed E-state index contributed by atoms with van der Waals surface area (Å²) in [5.41, 5.74) is 3.07. The van der Waals surface area contributed by atoms with Gasteiger partial charge in [0.05, 0.1) is 10.2 Å². The van der Waals surface area contributed by atoms with Gasteiger partial charge in [-0.2, -0.15) is 0 Å². The van der Waals surface area contributed by atoms with E-state index in [-0.39, 0.29) is 5.57 Å². The molecule has 0 radical (unpaired) electrons. The lowest BCUT2D eigenvalue weighted by molar-refractivity contribution is -0.122. The highest BCUT2D eigenvalue weighted by molar-refractivity contribution is 9.10. The summed E-state index contributed by atoms with van der Waals surface area (Å²) in [6.45, 7) is 2.45. The van der Waals surface area contributed by atoms with Crippen LogP contribution in [0.5, 0.6) is 5.75 Å². The van der Waals surface area contributed by atoms with Gasteiger partial charge < -0.3 is 4.74 Å². The second-order valence-electron chi connectivity index (χ2n) is 8.49. The SMILES string of the molecule is Cc1ccc2ccccc2c1COc1ccc(/C=C2\C(=O)NC(=O)N(c3ccc(Br)cc3)C2=O)cc1Br. The summed E-state index contributed by atoms with van der Waals surface area (Å²) in [4.78, 5) is 39.0. The number of urea groups is 1. The van der Waals surface area contributed by atoms with Crippen molar-refractivity contribution in [2.24, 2.45) is 0 Å². The maximum absolute atomic E-state index is 13.1. The first-order valence-corrected chi connectivity index (χ1v) is 13.0. The fraction of sp³-hybridized carbons (Fsp3) is 0.0690. The van der Waals surface area contributed by atoms with Crippen molar-refractivity contribution in [3.05, 3.63) is 110 Å². The van der Waals surface area contributed by atoms with Crippen LogP contribution in [0.3, 0.4) is 0 Å². The molecule has 0 saturated carbocycles. The lowest BCUT2D eigenvalue weighted by atomic mass is 10.0. The van der Waals surface area contributed by atoms with Crippen LogP contribution in [0.25, 0.3) is 16.8 Å². The Kier molecular flexibility index (Phi) is 6.95. The Hall–Kier alpha value is -3.75. The first-order valence-electron chi connectivity index (χ1n) is 11.4. The minimum absolute atomic E-state index is 0.144. The Morgan fingerprint density at radius 1 is 0.919 bits per heavy atom. The van der Waals surface area contributed by atoms with Gasteiger partial charge >= 0.3 is 6.03 Å². The number of anilines is 1. The molecule has 0 unspecified atom stereocenters. The molecule has 0 atom stereocenters. The molecule has 8 heteroatoms. The largest absolute Gasteiger partial charge is 0.488 e. The van der Waals surface area contributed by atoms with Gasteiger partial charge in [0.1, 0.15) is 17.9 Å². The zero-order valence-corrected chi connectivity index (χ0v) is 22.8. The lowest BCUT2D eigenvalue weighted by Crippen LogP contribution is -2.54. The van der Waals surface area contributed by atoms with Gasteiger partial charge in [-0.15, -0.1) is 0 Å². The Labute approximate surface area is 230 Å². The second-order valence-corrected chi connectivity index (χ2v) is 10.3. The molecular formula is C29H20Br2N2O4. The number of carbonyl (C=O) groups excluding carboxylic acids is 3. The molecule has 0 bridgehead atoms. The van der Waals surface area contributed by atoms with Crippen LogP contribution >= 0.6 is 31.9 Å². The highest BCUT2D eigenvalue weighted by Gasteiger charge is 2.36. The molecule has 1 N–H and O–H groups in total. The van der Waals surface area contributed by atoms with Crippen molar-refractivity contribution in [1.29, 1.82) is 0 Å². The molecule has 0 spiro atoms. The van der Waals surface area contributed by atoms with Gasteiger partial charge in [0.25, 0.3) is 11.8 Å². The molecule has 0 aromatic heterocycles. The number of aryl methyl sites for hydroxylation is 1. The number of hydrogen-bond acceptors (Lipinski definition) is 4. The van der Waals surface area contributed by atoms with Crippen molar-refractivity contribution >= 4 is 72.2 Å². The highest BCUT2D eigenvalue weighted by atomic mass is 79.9. The van der Waals surface area contributed by atoms with Crippen molar-refractivity contribution in [3.8, 4) is 5.75 Å². The number of carbonyl (C=O) groups is 3. The molecule has 1 aliphatic rings. The van der Waals surface area contributed by atoms with E-state index < -0.39 is 17.8 Å². The Morgan fingerprint density at radius 3 is 2.43 bits per heavy atom. The number of nitrogens with zero attached hydrogens (tertiary/aromatic N) is 1. The van der Waals surface area contributed by atoms with Crippen molar-refractivity contribution in [1.82, 2.24) is 5.32 Å². The van der Waals surface area contributed by atoms with Crippen LogP contribution in [0.15, 0.2) is 93.4 Å². The van der Waals surface area contributed by atoms with Gasteiger partial charge in [0, 0.05) is 10.0 Å². The summed E-state index contributed by atoms with van der Waals surface area (Å²) in [7, 11) is 0. The smallest absolute Gasteiger partial charge is 0.335 e. The highest BCUT2D eigenvalue weighted by Crippen LogP contribution is 2.30. The molecule has 37 heavy (non-hydrogen) atoms. The molecule has 1 heterocycles. The van der Waals surface area contributed by atoms with Crippen LogP contribution in [0.4, 0.5) is 10.5 Å². The van der Waals surface area contributed by atoms with E-state index in [0.717, 1.165) is 31.3 Å². The van der Waals surface area contributed by atoms with Gasteiger partial charge in [-0.1, -0.05) is 58.4 Å². The third-order valence-electron chi connectivity index (χ3n) is 6.10. The van der Waals surface area contributed by atoms with Gasteiger partial charge in [-0.25, -0.2) is 9.69 Å². The third kappa shape index (κ3) is 5.08. The first kappa shape index (κ1) is 24.9. The average molecular weight is 620 g/mol. The predicted octanol–water partition coefficient (Wildman–Crippen LogP) is 6.92. The fourth-order valence-corrected chi connectivity index (χ4v) is 4.93. The van der Waals surface area contributed by atoms with Crippen LogP contribution in [0, 0.1) is 6.92 Å². The molecule has 0 aliphatic carbocycles. The molecule has 1 aliphatic heterocycles. The van der Waals surface area contributed by atoms with E-state index in [1.807, 2.05) is 12.1 Å². The number of imide groups is 2. The number of amides is 4. The molecule has 184 valence electrons. The quantitative estimate of drug-likeness (QED) is 0.194. The molecular weight excluding hydrogens is 600 g/mol. The van der Waals surface area contributed by atoms with Crippen LogP contribution in [-0.4, -0.2) is 17.8 Å². The summed E-state index contributed by atoms with van der Waals surface area (Å²) in [6.07, 6.45) is 1.46. The zero-order valence-electron chi connectivity index (χ0n) is 19.6.